The van der Waals surface area contributed by atoms with Gasteiger partial charge in [0, 0.05) is 25.2 Å². The summed E-state index contributed by atoms with van der Waals surface area (Å²) in [6.45, 7) is 3.77. The molecule has 1 N–H and O–H groups in total. The second kappa shape index (κ2) is 4.93. The van der Waals surface area contributed by atoms with Crippen LogP contribution in [-0.4, -0.2) is 36.0 Å². The van der Waals surface area contributed by atoms with Crippen LogP contribution >= 0.6 is 0 Å². The van der Waals surface area contributed by atoms with Gasteiger partial charge in [-0.2, -0.15) is 0 Å². The molecule has 2 fully saturated rings. The number of nitrogens with one attached hydrogen (secondary N) is 1. The highest BCUT2D eigenvalue weighted by Gasteiger charge is 2.34. The van der Waals surface area contributed by atoms with Crippen molar-refractivity contribution >= 4 is 5.91 Å². The summed E-state index contributed by atoms with van der Waals surface area (Å²) in [5.74, 6) is -0.727. The van der Waals surface area contributed by atoms with Crippen molar-refractivity contribution < 1.29 is 9.18 Å². The smallest absolute Gasteiger partial charge is 0.254 e. The summed E-state index contributed by atoms with van der Waals surface area (Å²) in [6.07, 6.45) is 3.54. The average molecular weight is 262 g/mol. The van der Waals surface area contributed by atoms with E-state index in [2.05, 4.69) is 10.2 Å². The summed E-state index contributed by atoms with van der Waals surface area (Å²) in [7, 11) is 0. The molecule has 0 aromatic heterocycles. The molecule has 1 aromatic carbocycles. The monoisotopic (exact) mass is 262 g/mol. The number of likely N-dealkylation sites (tertiary alicyclic amines) is 1. The first-order valence-electron chi connectivity index (χ1n) is 6.94. The van der Waals surface area contributed by atoms with Crippen LogP contribution in [0.1, 0.15) is 35.2 Å². The fourth-order valence-corrected chi connectivity index (χ4v) is 2.74. The van der Waals surface area contributed by atoms with E-state index >= 15 is 0 Å². The Morgan fingerprint density at radius 3 is 2.84 bits per heavy atom. The summed E-state index contributed by atoms with van der Waals surface area (Å²) in [5, 5.41) is 2.95. The van der Waals surface area contributed by atoms with Crippen LogP contribution in [0, 0.1) is 12.7 Å². The first-order chi connectivity index (χ1) is 9.13. The maximum Gasteiger partial charge on any atom is 0.254 e. The molecule has 19 heavy (non-hydrogen) atoms. The largest absolute Gasteiger partial charge is 0.348 e. The van der Waals surface area contributed by atoms with Gasteiger partial charge in [-0.15, -0.1) is 0 Å². The maximum atomic E-state index is 13.7. The number of hydrogen-bond donors (Lipinski definition) is 1. The van der Waals surface area contributed by atoms with Crippen molar-refractivity contribution in [2.45, 2.75) is 38.3 Å². The van der Waals surface area contributed by atoms with Crippen molar-refractivity contribution in [3.05, 3.63) is 35.1 Å². The van der Waals surface area contributed by atoms with Crippen molar-refractivity contribution in [1.29, 1.82) is 0 Å². The molecule has 4 heteroatoms. The SMILES string of the molecule is Cc1ccc(C(=O)NC2CCN(C3CC3)C2)c(F)c1. The Morgan fingerprint density at radius 1 is 1.37 bits per heavy atom. The van der Waals surface area contributed by atoms with Crippen LogP contribution in [0.25, 0.3) is 0 Å². The van der Waals surface area contributed by atoms with Crippen molar-refractivity contribution in [2.75, 3.05) is 13.1 Å². The first kappa shape index (κ1) is 12.6. The van der Waals surface area contributed by atoms with Gasteiger partial charge in [0.05, 0.1) is 5.56 Å². The first-order valence-corrected chi connectivity index (χ1v) is 6.94. The topological polar surface area (TPSA) is 32.3 Å². The van der Waals surface area contributed by atoms with Crippen molar-refractivity contribution in [3.63, 3.8) is 0 Å². The van der Waals surface area contributed by atoms with Crippen LogP contribution in [0.3, 0.4) is 0 Å². The highest BCUT2D eigenvalue weighted by molar-refractivity contribution is 5.94. The van der Waals surface area contributed by atoms with E-state index in [1.807, 2.05) is 6.92 Å². The molecule has 1 saturated heterocycles. The van der Waals surface area contributed by atoms with E-state index in [0.29, 0.717) is 0 Å². The fraction of sp³-hybridized carbons (Fsp3) is 0.533. The van der Waals surface area contributed by atoms with Gasteiger partial charge in [-0.25, -0.2) is 4.39 Å². The lowest BCUT2D eigenvalue weighted by atomic mass is 10.1. The molecule has 1 atom stereocenters. The van der Waals surface area contributed by atoms with Crippen LogP contribution in [0.2, 0.25) is 0 Å². The van der Waals surface area contributed by atoms with Crippen molar-refractivity contribution in [2.24, 2.45) is 0 Å². The highest BCUT2D eigenvalue weighted by Crippen LogP contribution is 2.29. The molecule has 1 aromatic rings. The van der Waals surface area contributed by atoms with E-state index in [0.717, 1.165) is 31.1 Å². The highest BCUT2D eigenvalue weighted by atomic mass is 19.1. The van der Waals surface area contributed by atoms with Gasteiger partial charge < -0.3 is 5.32 Å². The van der Waals surface area contributed by atoms with Gasteiger partial charge in [-0.1, -0.05) is 6.07 Å². The molecule has 3 rings (SSSR count). The van der Waals surface area contributed by atoms with Crippen LogP contribution in [-0.2, 0) is 0 Å². The third kappa shape index (κ3) is 2.78. The minimum atomic E-state index is -0.436. The van der Waals surface area contributed by atoms with Gasteiger partial charge in [0.15, 0.2) is 0 Å². The van der Waals surface area contributed by atoms with Gasteiger partial charge in [0.1, 0.15) is 5.82 Å². The molecule has 1 saturated carbocycles. The average Bonchev–Trinajstić information content (AvgIpc) is 3.10. The van der Waals surface area contributed by atoms with Gasteiger partial charge in [-0.05, 0) is 43.9 Å². The molecule has 2 aliphatic rings. The molecular formula is C15H19FN2O. The minimum absolute atomic E-state index is 0.149. The molecule has 0 radical (unpaired) electrons. The van der Waals surface area contributed by atoms with E-state index < -0.39 is 5.82 Å². The maximum absolute atomic E-state index is 13.7. The Bertz CT molecular complexity index is 499. The zero-order valence-electron chi connectivity index (χ0n) is 11.2. The van der Waals surface area contributed by atoms with Gasteiger partial charge in [0.25, 0.3) is 5.91 Å². The molecule has 102 valence electrons. The Morgan fingerprint density at radius 2 is 2.16 bits per heavy atom. The molecular weight excluding hydrogens is 243 g/mol. The standard InChI is InChI=1S/C15H19FN2O/c1-10-2-5-13(14(16)8-10)15(19)17-11-6-7-18(9-11)12-3-4-12/h2,5,8,11-12H,3-4,6-7,9H2,1H3,(H,17,19). The lowest BCUT2D eigenvalue weighted by Gasteiger charge is -2.16. The molecule has 3 nitrogen and oxygen atoms in total. The molecule has 0 spiro atoms. The van der Waals surface area contributed by atoms with Crippen molar-refractivity contribution in [3.8, 4) is 0 Å². The number of halogens is 1. The number of aryl methyl sites for hydroxylation is 1. The quantitative estimate of drug-likeness (QED) is 0.904. The summed E-state index contributed by atoms with van der Waals surface area (Å²) >= 11 is 0. The Kier molecular flexibility index (Phi) is 3.27. The summed E-state index contributed by atoms with van der Waals surface area (Å²) in [5.41, 5.74) is 0.977. The lowest BCUT2D eigenvalue weighted by molar-refractivity contribution is 0.0933. The second-order valence-electron chi connectivity index (χ2n) is 5.67. The Hall–Kier alpha value is -1.42. The number of carbonyl (C=O) groups excluding carboxylic acids is 1. The predicted octanol–water partition coefficient (Wildman–Crippen LogP) is 2.10. The van der Waals surface area contributed by atoms with Gasteiger partial charge in [0.2, 0.25) is 0 Å². The van der Waals surface area contributed by atoms with Crippen LogP contribution in [0.15, 0.2) is 18.2 Å². The van der Waals surface area contributed by atoms with Crippen LogP contribution in [0.5, 0.6) is 0 Å². The van der Waals surface area contributed by atoms with Gasteiger partial charge >= 0.3 is 0 Å². The van der Waals surface area contributed by atoms with Gasteiger partial charge in [-0.3, -0.25) is 9.69 Å². The zero-order chi connectivity index (χ0) is 13.4. The number of nitrogens with zero attached hydrogens (tertiary/aromatic N) is 1. The Balaban J connectivity index is 1.61. The van der Waals surface area contributed by atoms with E-state index in [4.69, 9.17) is 0 Å². The number of amides is 1. The lowest BCUT2D eigenvalue weighted by Crippen LogP contribution is -2.37. The zero-order valence-corrected chi connectivity index (χ0v) is 11.2. The number of carbonyl (C=O) groups is 1. The summed E-state index contributed by atoms with van der Waals surface area (Å²) < 4.78 is 13.7. The number of rotatable bonds is 3. The van der Waals surface area contributed by atoms with Crippen molar-refractivity contribution in [1.82, 2.24) is 10.2 Å². The third-order valence-corrected chi connectivity index (χ3v) is 3.99. The molecule has 1 unspecified atom stereocenters. The molecule has 1 aliphatic carbocycles. The minimum Gasteiger partial charge on any atom is -0.348 e. The van der Waals surface area contributed by atoms with E-state index in [1.54, 1.807) is 12.1 Å². The number of hydrogen-bond acceptors (Lipinski definition) is 2. The van der Waals surface area contributed by atoms with E-state index in [9.17, 15) is 9.18 Å². The van der Waals surface area contributed by atoms with E-state index in [-0.39, 0.29) is 17.5 Å². The molecule has 1 amide bonds. The second-order valence-corrected chi connectivity index (χ2v) is 5.67. The Labute approximate surface area is 112 Å². The normalized spacial score (nSPS) is 23.6. The summed E-state index contributed by atoms with van der Waals surface area (Å²) in [6, 6.07) is 5.63. The fourth-order valence-electron chi connectivity index (χ4n) is 2.74. The molecule has 0 bridgehead atoms. The molecule has 1 aliphatic heterocycles. The molecule has 1 heterocycles. The predicted molar refractivity (Wildman–Crippen MR) is 71.6 cm³/mol. The van der Waals surface area contributed by atoms with Crippen LogP contribution in [0.4, 0.5) is 4.39 Å². The van der Waals surface area contributed by atoms with E-state index in [1.165, 1.54) is 18.9 Å². The number of benzene rings is 1. The van der Waals surface area contributed by atoms with Crippen LogP contribution < -0.4 is 5.32 Å². The third-order valence-electron chi connectivity index (χ3n) is 3.99. The summed E-state index contributed by atoms with van der Waals surface area (Å²) in [4.78, 5) is 14.5.